The van der Waals surface area contributed by atoms with E-state index in [0.717, 1.165) is 16.7 Å². The lowest BCUT2D eigenvalue weighted by molar-refractivity contribution is -0.115. The third-order valence-corrected chi connectivity index (χ3v) is 5.42. The number of carbonyl (C=O) groups excluding carboxylic acids is 1. The van der Waals surface area contributed by atoms with Gasteiger partial charge in [-0.05, 0) is 22.1 Å². The van der Waals surface area contributed by atoms with Gasteiger partial charge in [-0.2, -0.15) is 0 Å². The summed E-state index contributed by atoms with van der Waals surface area (Å²) in [6, 6.07) is 31.0. The smallest absolute Gasteiger partial charge is 0.247 e. The average molecular weight is 355 g/mol. The van der Waals surface area contributed by atoms with Crippen LogP contribution < -0.4 is 0 Å². The summed E-state index contributed by atoms with van der Waals surface area (Å²) in [5, 5.41) is 0. The van der Waals surface area contributed by atoms with Crippen LogP contribution in [0.5, 0.6) is 0 Å². The van der Waals surface area contributed by atoms with Gasteiger partial charge in [0.15, 0.2) is 0 Å². The van der Waals surface area contributed by atoms with E-state index in [-0.39, 0.29) is 17.4 Å². The molecule has 1 atom stereocenters. The monoisotopic (exact) mass is 355 g/mol. The number of hydrogen-bond donors (Lipinski definition) is 0. The molecule has 136 valence electrons. The van der Waals surface area contributed by atoms with Gasteiger partial charge in [0.05, 0.1) is 0 Å². The first-order valence-corrected chi connectivity index (χ1v) is 9.47. The van der Waals surface area contributed by atoms with Crippen LogP contribution in [0.1, 0.15) is 37.5 Å². The quantitative estimate of drug-likeness (QED) is 0.463. The molecule has 0 spiro atoms. The van der Waals surface area contributed by atoms with Crippen LogP contribution in [0.25, 0.3) is 0 Å². The summed E-state index contributed by atoms with van der Waals surface area (Å²) in [5.41, 5.74) is 2.59. The Labute approximate surface area is 161 Å². The number of nitrogens with zero attached hydrogens (tertiary/aromatic N) is 1. The van der Waals surface area contributed by atoms with E-state index < -0.39 is 5.54 Å². The summed E-state index contributed by atoms with van der Waals surface area (Å²) in [4.78, 5) is 15.2. The maximum Gasteiger partial charge on any atom is 0.247 e. The zero-order valence-electron chi connectivity index (χ0n) is 16.1. The predicted molar refractivity (Wildman–Crippen MR) is 109 cm³/mol. The first-order chi connectivity index (χ1) is 13.0. The van der Waals surface area contributed by atoms with Crippen LogP contribution >= 0.6 is 0 Å². The minimum atomic E-state index is -0.626. The molecule has 2 nitrogen and oxygen atoms in total. The SMILES string of the molecule is CC(C)(C)C1C(=O)N1C(c1ccccc1)(c1ccccc1)c1ccccc1. The van der Waals surface area contributed by atoms with Gasteiger partial charge in [-0.1, -0.05) is 112 Å². The fourth-order valence-electron chi connectivity index (χ4n) is 4.25. The van der Waals surface area contributed by atoms with Gasteiger partial charge in [-0.3, -0.25) is 4.79 Å². The van der Waals surface area contributed by atoms with Gasteiger partial charge in [-0.15, -0.1) is 0 Å². The maximum absolute atomic E-state index is 13.2. The normalized spacial score (nSPS) is 17.1. The van der Waals surface area contributed by atoms with E-state index in [9.17, 15) is 4.79 Å². The molecule has 2 heteroatoms. The number of carbonyl (C=O) groups is 1. The molecular weight excluding hydrogens is 330 g/mol. The molecular formula is C25H25NO. The average Bonchev–Trinajstić information content (AvgIpc) is 3.37. The molecule has 0 N–H and O–H groups in total. The molecule has 3 aromatic carbocycles. The summed E-state index contributed by atoms with van der Waals surface area (Å²) in [7, 11) is 0. The lowest BCUT2D eigenvalue weighted by Gasteiger charge is -2.39. The van der Waals surface area contributed by atoms with Crippen molar-refractivity contribution in [2.75, 3.05) is 0 Å². The Morgan fingerprint density at radius 3 is 1.22 bits per heavy atom. The van der Waals surface area contributed by atoms with Gasteiger partial charge in [0.25, 0.3) is 0 Å². The van der Waals surface area contributed by atoms with Crippen LogP contribution in [-0.2, 0) is 10.3 Å². The molecule has 27 heavy (non-hydrogen) atoms. The van der Waals surface area contributed by atoms with E-state index in [4.69, 9.17) is 0 Å². The topological polar surface area (TPSA) is 20.1 Å². The van der Waals surface area contributed by atoms with E-state index in [1.165, 1.54) is 0 Å². The molecule has 1 aliphatic rings. The first-order valence-electron chi connectivity index (χ1n) is 9.47. The summed E-state index contributed by atoms with van der Waals surface area (Å²) in [6.07, 6.45) is 0. The Balaban J connectivity index is 2.04. The molecule has 1 aliphatic heterocycles. The summed E-state index contributed by atoms with van der Waals surface area (Å²) >= 11 is 0. The highest BCUT2D eigenvalue weighted by atomic mass is 16.2. The second-order valence-electron chi connectivity index (χ2n) is 8.29. The molecule has 0 bridgehead atoms. The van der Waals surface area contributed by atoms with Crippen molar-refractivity contribution in [2.24, 2.45) is 5.41 Å². The summed E-state index contributed by atoms with van der Waals surface area (Å²) in [5.74, 6) is 0.207. The molecule has 1 fully saturated rings. The Hall–Kier alpha value is -2.87. The minimum absolute atomic E-state index is 0.113. The number of rotatable bonds is 4. The largest absolute Gasteiger partial charge is 0.310 e. The van der Waals surface area contributed by atoms with Gasteiger partial charge < -0.3 is 4.90 Å². The molecule has 1 amide bonds. The molecule has 0 saturated carbocycles. The second kappa shape index (κ2) is 6.38. The Morgan fingerprint density at radius 2 is 0.963 bits per heavy atom. The van der Waals surface area contributed by atoms with Crippen LogP contribution in [0.2, 0.25) is 0 Å². The van der Waals surface area contributed by atoms with E-state index in [1.54, 1.807) is 0 Å². The minimum Gasteiger partial charge on any atom is -0.310 e. The van der Waals surface area contributed by atoms with Gasteiger partial charge in [-0.25, -0.2) is 0 Å². The van der Waals surface area contributed by atoms with Crippen molar-refractivity contribution in [3.63, 3.8) is 0 Å². The van der Waals surface area contributed by atoms with E-state index in [2.05, 4.69) is 98.5 Å². The standard InChI is InChI=1S/C25H25NO/c1-24(2,3)22-23(27)26(22)25(19-13-7-4-8-14-19,20-15-9-5-10-16-20)21-17-11-6-12-18-21/h4-18,22H,1-3H3. The number of benzene rings is 3. The number of hydrogen-bond acceptors (Lipinski definition) is 1. The van der Waals surface area contributed by atoms with Crippen molar-refractivity contribution < 1.29 is 4.79 Å². The van der Waals surface area contributed by atoms with Crippen molar-refractivity contribution in [3.05, 3.63) is 108 Å². The maximum atomic E-state index is 13.2. The highest BCUT2D eigenvalue weighted by Gasteiger charge is 2.63. The lowest BCUT2D eigenvalue weighted by Crippen LogP contribution is -2.40. The highest BCUT2D eigenvalue weighted by molar-refractivity contribution is 6.00. The van der Waals surface area contributed by atoms with Gasteiger partial charge >= 0.3 is 0 Å². The molecule has 3 aromatic rings. The van der Waals surface area contributed by atoms with E-state index in [1.807, 2.05) is 18.2 Å². The molecule has 1 heterocycles. The van der Waals surface area contributed by atoms with Crippen LogP contribution in [-0.4, -0.2) is 16.8 Å². The van der Waals surface area contributed by atoms with Crippen molar-refractivity contribution in [3.8, 4) is 0 Å². The molecule has 0 aromatic heterocycles. The second-order valence-corrected chi connectivity index (χ2v) is 8.29. The molecule has 4 rings (SSSR count). The van der Waals surface area contributed by atoms with Crippen molar-refractivity contribution >= 4 is 5.91 Å². The van der Waals surface area contributed by atoms with Crippen molar-refractivity contribution in [2.45, 2.75) is 32.4 Å². The zero-order chi connectivity index (χ0) is 19.1. The first kappa shape index (κ1) is 17.5. The molecule has 0 radical (unpaired) electrons. The zero-order valence-corrected chi connectivity index (χ0v) is 16.1. The molecule has 1 saturated heterocycles. The summed E-state index contributed by atoms with van der Waals surface area (Å²) < 4.78 is 0. The van der Waals surface area contributed by atoms with E-state index >= 15 is 0 Å². The van der Waals surface area contributed by atoms with Gasteiger partial charge in [0.1, 0.15) is 11.6 Å². The van der Waals surface area contributed by atoms with Crippen molar-refractivity contribution in [1.82, 2.24) is 4.90 Å². The van der Waals surface area contributed by atoms with Crippen molar-refractivity contribution in [1.29, 1.82) is 0 Å². The third kappa shape index (κ3) is 2.76. The van der Waals surface area contributed by atoms with Crippen LogP contribution in [0.3, 0.4) is 0 Å². The van der Waals surface area contributed by atoms with Crippen LogP contribution in [0.4, 0.5) is 0 Å². The Kier molecular flexibility index (Phi) is 4.15. The predicted octanol–water partition coefficient (Wildman–Crippen LogP) is 5.24. The molecule has 0 aliphatic carbocycles. The van der Waals surface area contributed by atoms with Gasteiger partial charge in [0.2, 0.25) is 5.91 Å². The van der Waals surface area contributed by atoms with Gasteiger partial charge in [0, 0.05) is 0 Å². The van der Waals surface area contributed by atoms with Crippen LogP contribution in [0.15, 0.2) is 91.0 Å². The Morgan fingerprint density at radius 1 is 0.630 bits per heavy atom. The van der Waals surface area contributed by atoms with Crippen LogP contribution in [0, 0.1) is 5.41 Å². The lowest BCUT2D eigenvalue weighted by atomic mass is 9.76. The number of amides is 1. The fourth-order valence-corrected chi connectivity index (χ4v) is 4.25. The third-order valence-electron chi connectivity index (χ3n) is 5.42. The Bertz CT molecular complexity index is 830. The van der Waals surface area contributed by atoms with E-state index in [0.29, 0.717) is 0 Å². The molecule has 1 unspecified atom stereocenters. The highest BCUT2D eigenvalue weighted by Crippen LogP contribution is 2.52. The summed E-state index contributed by atoms with van der Waals surface area (Å²) in [6.45, 7) is 6.42. The fraction of sp³-hybridized carbons (Fsp3) is 0.240.